The molecule has 25 heavy (non-hydrogen) atoms. The van der Waals surface area contributed by atoms with Gasteiger partial charge in [-0.3, -0.25) is 9.20 Å². The summed E-state index contributed by atoms with van der Waals surface area (Å²) in [6.45, 7) is 6.57. The van der Waals surface area contributed by atoms with Gasteiger partial charge in [-0.15, -0.1) is 0 Å². The van der Waals surface area contributed by atoms with E-state index in [4.69, 9.17) is 0 Å². The first-order valence-electron chi connectivity index (χ1n) is 9.34. The standard InChI is InChI=1S/C19H27FN4O/c1-2-9-23(14-13-22-10-5-3-4-6-11-22)19(25)18-21-15-17-16(20)8-7-12-24(17)18/h7-8,12,15H,2-6,9-11,13-14H2,1H3. The van der Waals surface area contributed by atoms with Gasteiger partial charge in [-0.2, -0.15) is 0 Å². The zero-order valence-corrected chi connectivity index (χ0v) is 15.0. The summed E-state index contributed by atoms with van der Waals surface area (Å²) in [4.78, 5) is 21.5. The van der Waals surface area contributed by atoms with Gasteiger partial charge in [-0.05, 0) is 44.5 Å². The molecule has 1 aliphatic rings. The molecule has 0 aromatic carbocycles. The average molecular weight is 346 g/mol. The van der Waals surface area contributed by atoms with Crippen molar-refractivity contribution < 1.29 is 9.18 Å². The molecule has 0 saturated carbocycles. The van der Waals surface area contributed by atoms with Crippen LogP contribution in [0.25, 0.3) is 5.52 Å². The molecule has 6 heteroatoms. The number of pyridine rings is 1. The number of hydrogen-bond donors (Lipinski definition) is 0. The van der Waals surface area contributed by atoms with Crippen molar-refractivity contribution in [2.75, 3.05) is 32.7 Å². The lowest BCUT2D eigenvalue weighted by molar-refractivity contribution is 0.0722. The van der Waals surface area contributed by atoms with E-state index in [-0.39, 0.29) is 11.7 Å². The molecule has 136 valence electrons. The monoisotopic (exact) mass is 346 g/mol. The van der Waals surface area contributed by atoms with Crippen molar-refractivity contribution in [1.82, 2.24) is 19.2 Å². The highest BCUT2D eigenvalue weighted by atomic mass is 19.1. The summed E-state index contributed by atoms with van der Waals surface area (Å²) in [6.07, 6.45) is 9.11. The van der Waals surface area contributed by atoms with Gasteiger partial charge in [-0.1, -0.05) is 19.8 Å². The maximum Gasteiger partial charge on any atom is 0.290 e. The molecule has 0 radical (unpaired) electrons. The fourth-order valence-corrected chi connectivity index (χ4v) is 3.49. The molecule has 1 amide bonds. The maximum absolute atomic E-state index is 13.8. The fraction of sp³-hybridized carbons (Fsp3) is 0.579. The smallest absolute Gasteiger partial charge is 0.290 e. The highest BCUT2D eigenvalue weighted by Crippen LogP contribution is 2.14. The van der Waals surface area contributed by atoms with Gasteiger partial charge in [0.15, 0.2) is 0 Å². The lowest BCUT2D eigenvalue weighted by atomic mass is 10.2. The van der Waals surface area contributed by atoms with Gasteiger partial charge in [0.25, 0.3) is 5.91 Å². The number of carbonyl (C=O) groups is 1. The van der Waals surface area contributed by atoms with Crippen LogP contribution in [0.4, 0.5) is 4.39 Å². The quantitative estimate of drug-likeness (QED) is 0.806. The summed E-state index contributed by atoms with van der Waals surface area (Å²) in [5, 5.41) is 0. The van der Waals surface area contributed by atoms with E-state index in [1.54, 1.807) is 16.7 Å². The molecule has 0 atom stereocenters. The van der Waals surface area contributed by atoms with Gasteiger partial charge >= 0.3 is 0 Å². The number of amides is 1. The first-order valence-corrected chi connectivity index (χ1v) is 9.34. The van der Waals surface area contributed by atoms with E-state index in [1.807, 2.05) is 4.90 Å². The van der Waals surface area contributed by atoms with Gasteiger partial charge < -0.3 is 9.80 Å². The molecule has 2 aromatic heterocycles. The number of hydrogen-bond acceptors (Lipinski definition) is 3. The summed E-state index contributed by atoms with van der Waals surface area (Å²) in [5.74, 6) is -0.193. The molecule has 0 bridgehead atoms. The second-order valence-corrected chi connectivity index (χ2v) is 6.74. The van der Waals surface area contributed by atoms with E-state index in [2.05, 4.69) is 16.8 Å². The van der Waals surface area contributed by atoms with Gasteiger partial charge in [0, 0.05) is 25.8 Å². The van der Waals surface area contributed by atoms with Crippen LogP contribution in [0.5, 0.6) is 0 Å². The average Bonchev–Trinajstić information content (AvgIpc) is 2.88. The Labute approximate surface area is 148 Å². The number of imidazole rings is 1. The first kappa shape index (κ1) is 17.9. The molecule has 3 heterocycles. The van der Waals surface area contributed by atoms with E-state index in [9.17, 15) is 9.18 Å². The van der Waals surface area contributed by atoms with Gasteiger partial charge in [0.2, 0.25) is 5.82 Å². The summed E-state index contributed by atoms with van der Waals surface area (Å²) in [6, 6.07) is 2.98. The molecule has 0 spiro atoms. The number of rotatable bonds is 6. The van der Waals surface area contributed by atoms with Crippen LogP contribution in [-0.2, 0) is 0 Å². The van der Waals surface area contributed by atoms with E-state index in [0.29, 0.717) is 24.4 Å². The highest BCUT2D eigenvalue weighted by molar-refractivity contribution is 5.91. The van der Waals surface area contributed by atoms with E-state index < -0.39 is 0 Å². The molecule has 0 unspecified atom stereocenters. The largest absolute Gasteiger partial charge is 0.335 e. The molecule has 2 aromatic rings. The Morgan fingerprint density at radius 2 is 2.00 bits per heavy atom. The maximum atomic E-state index is 13.8. The third-order valence-electron chi connectivity index (χ3n) is 4.88. The van der Waals surface area contributed by atoms with Crippen molar-refractivity contribution in [2.45, 2.75) is 39.0 Å². The normalized spacial score (nSPS) is 16.1. The zero-order valence-electron chi connectivity index (χ0n) is 15.0. The van der Waals surface area contributed by atoms with Crippen molar-refractivity contribution >= 4 is 11.4 Å². The Hall–Kier alpha value is -1.95. The molecule has 1 aliphatic heterocycles. The number of carbonyl (C=O) groups excluding carboxylic acids is 1. The Balaban J connectivity index is 1.72. The van der Waals surface area contributed by atoms with Gasteiger partial charge in [0.1, 0.15) is 11.3 Å². The van der Waals surface area contributed by atoms with Crippen molar-refractivity contribution in [3.8, 4) is 0 Å². The van der Waals surface area contributed by atoms with Crippen LogP contribution in [-0.4, -0.2) is 57.8 Å². The highest BCUT2D eigenvalue weighted by Gasteiger charge is 2.21. The van der Waals surface area contributed by atoms with Crippen LogP contribution < -0.4 is 0 Å². The van der Waals surface area contributed by atoms with E-state index >= 15 is 0 Å². The molecule has 5 nitrogen and oxygen atoms in total. The van der Waals surface area contributed by atoms with Crippen molar-refractivity contribution in [3.05, 3.63) is 36.2 Å². The topological polar surface area (TPSA) is 40.8 Å². The summed E-state index contributed by atoms with van der Waals surface area (Å²) in [7, 11) is 0. The number of nitrogens with zero attached hydrogens (tertiary/aromatic N) is 4. The molecule has 3 rings (SSSR count). The Kier molecular flexibility index (Phi) is 6.02. The van der Waals surface area contributed by atoms with E-state index in [1.165, 1.54) is 37.9 Å². The van der Waals surface area contributed by atoms with E-state index in [0.717, 1.165) is 26.1 Å². The lowest BCUT2D eigenvalue weighted by Crippen LogP contribution is -2.40. The van der Waals surface area contributed by atoms with Crippen LogP contribution in [0.1, 0.15) is 49.6 Å². The molecule has 0 aliphatic carbocycles. The van der Waals surface area contributed by atoms with Crippen LogP contribution >= 0.6 is 0 Å². The molecule has 0 N–H and O–H groups in total. The first-order chi connectivity index (χ1) is 12.2. The molecule has 1 fully saturated rings. The predicted octanol–water partition coefficient (Wildman–Crippen LogP) is 3.20. The van der Waals surface area contributed by atoms with Crippen molar-refractivity contribution in [1.29, 1.82) is 0 Å². The summed E-state index contributed by atoms with van der Waals surface area (Å²) < 4.78 is 15.4. The molecule has 1 saturated heterocycles. The molecular weight excluding hydrogens is 319 g/mol. The number of likely N-dealkylation sites (tertiary alicyclic amines) is 1. The Morgan fingerprint density at radius 1 is 1.24 bits per heavy atom. The van der Waals surface area contributed by atoms with Gasteiger partial charge in [0.05, 0.1) is 6.20 Å². The third kappa shape index (κ3) is 4.18. The summed E-state index contributed by atoms with van der Waals surface area (Å²) >= 11 is 0. The minimum atomic E-state index is -0.361. The molecular formula is C19H27FN4O. The second-order valence-electron chi connectivity index (χ2n) is 6.74. The number of aromatic nitrogens is 2. The van der Waals surface area contributed by atoms with Gasteiger partial charge in [-0.25, -0.2) is 9.37 Å². The SMILES string of the molecule is CCCN(CCN1CCCCCC1)C(=O)c1ncc2c(F)cccn12. The van der Waals surface area contributed by atoms with Crippen LogP contribution in [0.2, 0.25) is 0 Å². The van der Waals surface area contributed by atoms with Crippen molar-refractivity contribution in [3.63, 3.8) is 0 Å². The predicted molar refractivity (Wildman–Crippen MR) is 96.3 cm³/mol. The zero-order chi connectivity index (χ0) is 17.6. The van der Waals surface area contributed by atoms with Crippen LogP contribution in [0.3, 0.4) is 0 Å². The third-order valence-corrected chi connectivity index (χ3v) is 4.88. The number of fused-ring (bicyclic) bond motifs is 1. The minimum absolute atomic E-state index is 0.123. The lowest BCUT2D eigenvalue weighted by Gasteiger charge is -2.26. The Morgan fingerprint density at radius 3 is 2.72 bits per heavy atom. The number of halogens is 1. The fourth-order valence-electron chi connectivity index (χ4n) is 3.49. The Bertz CT molecular complexity index is 707. The minimum Gasteiger partial charge on any atom is -0.335 e. The van der Waals surface area contributed by atoms with Crippen molar-refractivity contribution in [2.24, 2.45) is 0 Å². The van der Waals surface area contributed by atoms with Crippen LogP contribution in [0.15, 0.2) is 24.5 Å². The summed E-state index contributed by atoms with van der Waals surface area (Å²) in [5.41, 5.74) is 0.342. The van der Waals surface area contributed by atoms with Crippen LogP contribution in [0, 0.1) is 5.82 Å². The second kappa shape index (κ2) is 8.43.